The Kier molecular flexibility index (Phi) is 5.50. The SMILES string of the molecule is CC[C@]1(CC#N)CCN(Cc2ccc(-c3ccccc3)cc2)C[C@H]1F. The molecule has 130 valence electrons. The van der Waals surface area contributed by atoms with Gasteiger partial charge in [-0.2, -0.15) is 5.26 Å². The average molecular weight is 336 g/mol. The predicted octanol–water partition coefficient (Wildman–Crippen LogP) is 5.21. The van der Waals surface area contributed by atoms with Crippen LogP contribution >= 0.6 is 0 Å². The number of hydrogen-bond donors (Lipinski definition) is 0. The van der Waals surface area contributed by atoms with E-state index in [9.17, 15) is 4.39 Å². The molecule has 3 heteroatoms. The lowest BCUT2D eigenvalue weighted by atomic mass is 9.72. The maximum absolute atomic E-state index is 14.7. The van der Waals surface area contributed by atoms with Crippen LogP contribution in [0.15, 0.2) is 54.6 Å². The summed E-state index contributed by atoms with van der Waals surface area (Å²) in [5, 5.41) is 9.02. The molecule has 25 heavy (non-hydrogen) atoms. The molecule has 2 atom stereocenters. The van der Waals surface area contributed by atoms with Crippen LogP contribution in [0, 0.1) is 16.7 Å². The van der Waals surface area contributed by atoms with Crippen molar-refractivity contribution in [3.8, 4) is 17.2 Å². The van der Waals surface area contributed by atoms with Crippen molar-refractivity contribution in [3.05, 3.63) is 60.2 Å². The first kappa shape index (κ1) is 17.6. The van der Waals surface area contributed by atoms with Crippen LogP contribution in [0.4, 0.5) is 4.39 Å². The van der Waals surface area contributed by atoms with Gasteiger partial charge in [0.15, 0.2) is 0 Å². The van der Waals surface area contributed by atoms with Crippen molar-refractivity contribution in [2.75, 3.05) is 13.1 Å². The van der Waals surface area contributed by atoms with Crippen LogP contribution in [0.1, 0.15) is 31.7 Å². The molecule has 0 aliphatic carbocycles. The van der Waals surface area contributed by atoms with Gasteiger partial charge < -0.3 is 0 Å². The fourth-order valence-electron chi connectivity index (χ4n) is 3.76. The van der Waals surface area contributed by atoms with Crippen LogP contribution in [0.2, 0.25) is 0 Å². The third-order valence-corrected chi connectivity index (χ3v) is 5.61. The number of hydrogen-bond acceptors (Lipinski definition) is 2. The lowest BCUT2D eigenvalue weighted by Gasteiger charge is -2.42. The second kappa shape index (κ2) is 7.80. The third kappa shape index (κ3) is 3.91. The molecule has 1 fully saturated rings. The predicted molar refractivity (Wildman–Crippen MR) is 99.6 cm³/mol. The topological polar surface area (TPSA) is 27.0 Å². The summed E-state index contributed by atoms with van der Waals surface area (Å²) < 4.78 is 14.7. The molecule has 1 aliphatic rings. The second-order valence-corrected chi connectivity index (χ2v) is 7.07. The Morgan fingerprint density at radius 2 is 1.80 bits per heavy atom. The summed E-state index contributed by atoms with van der Waals surface area (Å²) in [6, 6.07) is 21.0. The van der Waals surface area contributed by atoms with Crippen molar-refractivity contribution in [2.45, 2.75) is 38.9 Å². The number of rotatable bonds is 5. The second-order valence-electron chi connectivity index (χ2n) is 7.07. The smallest absolute Gasteiger partial charge is 0.119 e. The molecule has 3 rings (SSSR count). The van der Waals surface area contributed by atoms with E-state index in [-0.39, 0.29) is 0 Å². The summed E-state index contributed by atoms with van der Waals surface area (Å²) in [6.45, 7) is 4.05. The summed E-state index contributed by atoms with van der Waals surface area (Å²) >= 11 is 0. The van der Waals surface area contributed by atoms with E-state index in [2.05, 4.69) is 47.4 Å². The molecular formula is C22H25FN2. The lowest BCUT2D eigenvalue weighted by Crippen LogP contribution is -2.48. The van der Waals surface area contributed by atoms with Crippen molar-refractivity contribution < 1.29 is 4.39 Å². The molecule has 0 aromatic heterocycles. The molecule has 0 radical (unpaired) electrons. The molecule has 2 aromatic carbocycles. The maximum atomic E-state index is 14.7. The van der Waals surface area contributed by atoms with Gasteiger partial charge in [-0.25, -0.2) is 4.39 Å². The molecule has 0 N–H and O–H groups in total. The average Bonchev–Trinajstić information content (AvgIpc) is 2.66. The normalized spacial score (nSPS) is 24.0. The molecule has 0 bridgehead atoms. The van der Waals surface area contributed by atoms with Crippen LogP contribution < -0.4 is 0 Å². The quantitative estimate of drug-likeness (QED) is 0.749. The van der Waals surface area contributed by atoms with Crippen molar-refractivity contribution in [3.63, 3.8) is 0 Å². The van der Waals surface area contributed by atoms with Crippen LogP contribution in [-0.4, -0.2) is 24.2 Å². The van der Waals surface area contributed by atoms with Gasteiger partial charge in [0, 0.05) is 24.9 Å². The summed E-state index contributed by atoms with van der Waals surface area (Å²) in [7, 11) is 0. The van der Waals surface area contributed by atoms with Gasteiger partial charge in [-0.05, 0) is 36.1 Å². The Hall–Kier alpha value is -2.18. The molecule has 0 saturated carbocycles. The van der Waals surface area contributed by atoms with Crippen LogP contribution in [0.25, 0.3) is 11.1 Å². The van der Waals surface area contributed by atoms with E-state index in [1.54, 1.807) is 0 Å². The lowest BCUT2D eigenvalue weighted by molar-refractivity contribution is 0.00335. The zero-order chi connectivity index (χ0) is 17.7. The molecule has 2 aromatic rings. The van der Waals surface area contributed by atoms with Crippen LogP contribution in [0.3, 0.4) is 0 Å². The fraction of sp³-hybridized carbons (Fsp3) is 0.409. The zero-order valence-corrected chi connectivity index (χ0v) is 14.8. The first-order chi connectivity index (χ1) is 12.2. The number of likely N-dealkylation sites (tertiary alicyclic amines) is 1. The van der Waals surface area contributed by atoms with Gasteiger partial charge in [0.1, 0.15) is 6.17 Å². The van der Waals surface area contributed by atoms with E-state index in [0.717, 1.165) is 25.9 Å². The molecule has 1 heterocycles. The first-order valence-corrected chi connectivity index (χ1v) is 9.04. The highest BCUT2D eigenvalue weighted by molar-refractivity contribution is 5.63. The Morgan fingerprint density at radius 1 is 1.12 bits per heavy atom. The molecule has 0 spiro atoms. The first-order valence-electron chi connectivity index (χ1n) is 9.04. The highest BCUT2D eigenvalue weighted by Crippen LogP contribution is 2.40. The number of piperidine rings is 1. The largest absolute Gasteiger partial charge is 0.296 e. The van der Waals surface area contributed by atoms with E-state index in [0.29, 0.717) is 13.0 Å². The van der Waals surface area contributed by atoms with E-state index in [1.165, 1.54) is 16.7 Å². The Morgan fingerprint density at radius 3 is 2.40 bits per heavy atom. The number of halogens is 1. The summed E-state index contributed by atoms with van der Waals surface area (Å²) in [5.41, 5.74) is 3.17. The highest BCUT2D eigenvalue weighted by atomic mass is 19.1. The summed E-state index contributed by atoms with van der Waals surface area (Å²) in [6.07, 6.45) is 0.904. The van der Waals surface area contributed by atoms with Crippen molar-refractivity contribution >= 4 is 0 Å². The maximum Gasteiger partial charge on any atom is 0.119 e. The van der Waals surface area contributed by atoms with Gasteiger partial charge >= 0.3 is 0 Å². The minimum Gasteiger partial charge on any atom is -0.296 e. The molecule has 0 amide bonds. The van der Waals surface area contributed by atoms with Crippen molar-refractivity contribution in [1.29, 1.82) is 5.26 Å². The molecule has 0 unspecified atom stereocenters. The number of nitriles is 1. The molecule has 2 nitrogen and oxygen atoms in total. The molecular weight excluding hydrogens is 311 g/mol. The molecule has 1 saturated heterocycles. The van der Waals surface area contributed by atoms with Crippen molar-refractivity contribution in [2.24, 2.45) is 5.41 Å². The van der Waals surface area contributed by atoms with Gasteiger partial charge in [-0.3, -0.25) is 4.90 Å². The van der Waals surface area contributed by atoms with Crippen LogP contribution in [0.5, 0.6) is 0 Å². The number of nitrogens with zero attached hydrogens (tertiary/aromatic N) is 2. The third-order valence-electron chi connectivity index (χ3n) is 5.61. The monoisotopic (exact) mass is 336 g/mol. The number of benzene rings is 2. The van der Waals surface area contributed by atoms with Gasteiger partial charge in [0.25, 0.3) is 0 Å². The highest BCUT2D eigenvalue weighted by Gasteiger charge is 2.41. The number of alkyl halides is 1. The Balaban J connectivity index is 1.63. The van der Waals surface area contributed by atoms with E-state index in [4.69, 9.17) is 5.26 Å². The van der Waals surface area contributed by atoms with Gasteiger partial charge in [-0.1, -0.05) is 61.5 Å². The standard InChI is InChI=1S/C22H25FN2/c1-2-22(12-14-24)13-15-25(17-21(22)23)16-18-8-10-20(11-9-18)19-6-4-3-5-7-19/h3-11,21H,2,12-13,15-17H2,1H3/t21-,22+/m1/s1. The van der Waals surface area contributed by atoms with Gasteiger partial charge in [-0.15, -0.1) is 0 Å². The van der Waals surface area contributed by atoms with Gasteiger partial charge in [0.2, 0.25) is 0 Å². The minimum absolute atomic E-state index is 0.324. The van der Waals surface area contributed by atoms with Gasteiger partial charge in [0.05, 0.1) is 6.07 Å². The van der Waals surface area contributed by atoms with E-state index >= 15 is 0 Å². The fourth-order valence-corrected chi connectivity index (χ4v) is 3.76. The summed E-state index contributed by atoms with van der Waals surface area (Å²) in [4.78, 5) is 2.17. The zero-order valence-electron chi connectivity index (χ0n) is 14.8. The Labute approximate surface area is 149 Å². The Bertz CT molecular complexity index is 720. The summed E-state index contributed by atoms with van der Waals surface area (Å²) in [5.74, 6) is 0. The van der Waals surface area contributed by atoms with E-state index < -0.39 is 11.6 Å². The van der Waals surface area contributed by atoms with Crippen molar-refractivity contribution in [1.82, 2.24) is 4.90 Å². The van der Waals surface area contributed by atoms with Crippen LogP contribution in [-0.2, 0) is 6.54 Å². The van der Waals surface area contributed by atoms with E-state index in [1.807, 2.05) is 25.1 Å². The minimum atomic E-state index is -0.922. The molecule has 1 aliphatic heterocycles.